The van der Waals surface area contributed by atoms with Gasteiger partial charge in [-0.2, -0.15) is 0 Å². The fraction of sp³-hybridized carbons (Fsp3) is 0.0556. The normalized spacial score (nSPS) is 12.5. The summed E-state index contributed by atoms with van der Waals surface area (Å²) in [6.07, 6.45) is 1.93. The molecule has 2 amide bonds. The van der Waals surface area contributed by atoms with E-state index < -0.39 is 17.7 Å². The fourth-order valence-corrected chi connectivity index (χ4v) is 2.88. The Balaban J connectivity index is 1.68. The molecule has 0 atom stereocenters. The Morgan fingerprint density at radius 3 is 2.58 bits per heavy atom. The number of amides is 2. The molecule has 0 bridgehead atoms. The molecule has 0 spiro atoms. The Labute approximate surface area is 136 Å². The summed E-state index contributed by atoms with van der Waals surface area (Å²) in [7, 11) is 0. The Kier molecular flexibility index (Phi) is 3.30. The van der Waals surface area contributed by atoms with E-state index in [9.17, 15) is 13.6 Å². The molecular weight excluding hydrogens is 312 g/mol. The first-order valence-electron chi connectivity index (χ1n) is 7.43. The van der Waals surface area contributed by atoms with E-state index in [4.69, 9.17) is 0 Å². The Morgan fingerprint density at radius 1 is 1.00 bits per heavy atom. The van der Waals surface area contributed by atoms with E-state index >= 15 is 0 Å². The molecule has 24 heavy (non-hydrogen) atoms. The molecule has 6 heteroatoms. The van der Waals surface area contributed by atoms with Crippen molar-refractivity contribution in [3.8, 4) is 5.69 Å². The summed E-state index contributed by atoms with van der Waals surface area (Å²) in [6, 6.07) is 13.9. The highest BCUT2D eigenvalue weighted by atomic mass is 19.1. The van der Waals surface area contributed by atoms with Crippen molar-refractivity contribution in [3.63, 3.8) is 0 Å². The Hall–Kier alpha value is -3.15. The Bertz CT molecular complexity index is 936. The van der Waals surface area contributed by atoms with Gasteiger partial charge in [0.1, 0.15) is 11.6 Å². The molecule has 2 aromatic carbocycles. The molecule has 2 heterocycles. The third kappa shape index (κ3) is 2.32. The van der Waals surface area contributed by atoms with Crippen LogP contribution in [-0.2, 0) is 6.54 Å². The second-order valence-electron chi connectivity index (χ2n) is 5.50. The molecule has 4 nitrogen and oxygen atoms in total. The maximum atomic E-state index is 13.8. The molecule has 0 saturated heterocycles. The molecular formula is C18H13F2N3O. The van der Waals surface area contributed by atoms with Crippen LogP contribution in [0.1, 0.15) is 5.69 Å². The molecule has 0 fully saturated rings. The number of carbonyl (C=O) groups is 1. The minimum Gasteiger partial charge on any atom is -0.317 e. The van der Waals surface area contributed by atoms with Crippen LogP contribution in [0, 0.1) is 11.6 Å². The lowest BCUT2D eigenvalue weighted by atomic mass is 10.2. The lowest BCUT2D eigenvalue weighted by Crippen LogP contribution is -2.38. The summed E-state index contributed by atoms with van der Waals surface area (Å²) in [5.74, 6) is -1.50. The standard InChI is InChI=1S/C18H13F2N3O/c19-12-7-8-15(14(20)10-12)21-18(24)23-11-13-4-3-9-22(13)16-5-1-2-6-17(16)23/h1-10H,11H2,(H,21,24). The number of anilines is 2. The van der Waals surface area contributed by atoms with Crippen LogP contribution in [0.5, 0.6) is 0 Å². The van der Waals surface area contributed by atoms with Gasteiger partial charge in [-0.25, -0.2) is 13.6 Å². The lowest BCUT2D eigenvalue weighted by molar-refractivity contribution is 0.256. The van der Waals surface area contributed by atoms with Gasteiger partial charge in [0.05, 0.1) is 23.6 Å². The SMILES string of the molecule is O=C(Nc1ccc(F)cc1F)N1Cc2cccn2-c2ccccc21. The van der Waals surface area contributed by atoms with Gasteiger partial charge in [-0.1, -0.05) is 12.1 Å². The number of hydrogen-bond acceptors (Lipinski definition) is 1. The number of aromatic nitrogens is 1. The van der Waals surface area contributed by atoms with Gasteiger partial charge in [-0.05, 0) is 36.4 Å². The Morgan fingerprint density at radius 2 is 1.79 bits per heavy atom. The third-order valence-corrected chi connectivity index (χ3v) is 4.00. The molecule has 3 aromatic rings. The molecule has 0 saturated carbocycles. The topological polar surface area (TPSA) is 37.3 Å². The van der Waals surface area contributed by atoms with Gasteiger partial charge in [0, 0.05) is 18.0 Å². The van der Waals surface area contributed by atoms with Crippen molar-refractivity contribution in [2.75, 3.05) is 10.2 Å². The summed E-state index contributed by atoms with van der Waals surface area (Å²) in [5, 5.41) is 2.51. The van der Waals surface area contributed by atoms with Crippen molar-refractivity contribution in [2.45, 2.75) is 6.54 Å². The summed E-state index contributed by atoms with van der Waals surface area (Å²) in [6.45, 7) is 0.360. The zero-order valence-electron chi connectivity index (χ0n) is 12.5. The van der Waals surface area contributed by atoms with E-state index in [0.29, 0.717) is 6.54 Å². The van der Waals surface area contributed by atoms with Gasteiger partial charge in [-0.3, -0.25) is 4.90 Å². The van der Waals surface area contributed by atoms with Gasteiger partial charge < -0.3 is 9.88 Å². The zero-order chi connectivity index (χ0) is 16.7. The van der Waals surface area contributed by atoms with Crippen LogP contribution in [0.15, 0.2) is 60.8 Å². The second-order valence-corrected chi connectivity index (χ2v) is 5.50. The van der Waals surface area contributed by atoms with Gasteiger partial charge in [0.25, 0.3) is 0 Å². The molecule has 120 valence electrons. The highest BCUT2D eigenvalue weighted by Gasteiger charge is 2.26. The number of halogens is 2. The fourth-order valence-electron chi connectivity index (χ4n) is 2.88. The van der Waals surface area contributed by atoms with E-state index in [1.165, 1.54) is 11.0 Å². The number of para-hydroxylation sites is 2. The molecule has 0 aliphatic carbocycles. The average molecular weight is 325 g/mol. The predicted molar refractivity (Wildman–Crippen MR) is 87.3 cm³/mol. The van der Waals surface area contributed by atoms with Gasteiger partial charge >= 0.3 is 6.03 Å². The summed E-state index contributed by atoms with van der Waals surface area (Å²) in [4.78, 5) is 14.2. The molecule has 4 rings (SSSR count). The quantitative estimate of drug-likeness (QED) is 0.711. The van der Waals surface area contributed by atoms with Crippen LogP contribution in [0.4, 0.5) is 25.0 Å². The number of nitrogens with one attached hydrogen (secondary N) is 1. The van der Waals surface area contributed by atoms with Gasteiger partial charge in [0.15, 0.2) is 0 Å². The molecule has 1 N–H and O–H groups in total. The van der Waals surface area contributed by atoms with Crippen molar-refractivity contribution < 1.29 is 13.6 Å². The van der Waals surface area contributed by atoms with Crippen LogP contribution >= 0.6 is 0 Å². The lowest BCUT2D eigenvalue weighted by Gasteiger charge is -2.31. The van der Waals surface area contributed by atoms with Gasteiger partial charge in [0.2, 0.25) is 0 Å². The summed E-state index contributed by atoms with van der Waals surface area (Å²) < 4.78 is 28.8. The van der Waals surface area contributed by atoms with Crippen LogP contribution in [0.3, 0.4) is 0 Å². The number of hydrogen-bond donors (Lipinski definition) is 1. The number of fused-ring (bicyclic) bond motifs is 3. The van der Waals surface area contributed by atoms with Crippen molar-refractivity contribution in [1.29, 1.82) is 0 Å². The first kappa shape index (κ1) is 14.4. The second kappa shape index (κ2) is 5.49. The molecule has 1 aliphatic rings. The highest BCUT2D eigenvalue weighted by molar-refractivity contribution is 6.03. The summed E-state index contributed by atoms with van der Waals surface area (Å²) >= 11 is 0. The van der Waals surface area contributed by atoms with Crippen LogP contribution in [0.2, 0.25) is 0 Å². The number of nitrogens with zero attached hydrogens (tertiary/aromatic N) is 2. The van der Waals surface area contributed by atoms with Crippen molar-refractivity contribution >= 4 is 17.4 Å². The maximum Gasteiger partial charge on any atom is 0.326 e. The molecule has 0 radical (unpaired) electrons. The van der Waals surface area contributed by atoms with E-state index in [1.807, 2.05) is 47.2 Å². The third-order valence-electron chi connectivity index (χ3n) is 4.00. The highest BCUT2D eigenvalue weighted by Crippen LogP contribution is 2.32. The maximum absolute atomic E-state index is 13.8. The zero-order valence-corrected chi connectivity index (χ0v) is 12.5. The smallest absolute Gasteiger partial charge is 0.317 e. The minimum absolute atomic E-state index is 0.0557. The minimum atomic E-state index is -0.808. The van der Waals surface area contributed by atoms with Gasteiger partial charge in [-0.15, -0.1) is 0 Å². The van der Waals surface area contributed by atoms with Crippen LogP contribution in [-0.4, -0.2) is 10.6 Å². The van der Waals surface area contributed by atoms with E-state index in [-0.39, 0.29) is 5.69 Å². The van der Waals surface area contributed by atoms with E-state index in [1.54, 1.807) is 0 Å². The van der Waals surface area contributed by atoms with E-state index in [2.05, 4.69) is 5.32 Å². The molecule has 0 unspecified atom stereocenters. The molecule has 1 aromatic heterocycles. The van der Waals surface area contributed by atoms with Crippen molar-refractivity contribution in [2.24, 2.45) is 0 Å². The molecule has 1 aliphatic heterocycles. The van der Waals surface area contributed by atoms with Crippen LogP contribution < -0.4 is 10.2 Å². The number of urea groups is 1. The number of carbonyl (C=O) groups excluding carboxylic acids is 1. The predicted octanol–water partition coefficient (Wildman–Crippen LogP) is 4.31. The average Bonchev–Trinajstić information content (AvgIpc) is 3.05. The van der Waals surface area contributed by atoms with Crippen molar-refractivity contribution in [1.82, 2.24) is 4.57 Å². The largest absolute Gasteiger partial charge is 0.326 e. The van der Waals surface area contributed by atoms with E-state index in [0.717, 1.165) is 29.2 Å². The monoisotopic (exact) mass is 325 g/mol. The first-order valence-corrected chi connectivity index (χ1v) is 7.43. The van der Waals surface area contributed by atoms with Crippen LogP contribution in [0.25, 0.3) is 5.69 Å². The van der Waals surface area contributed by atoms with Crippen molar-refractivity contribution in [3.05, 3.63) is 78.1 Å². The first-order chi connectivity index (χ1) is 11.6. The summed E-state index contributed by atoms with van der Waals surface area (Å²) in [5.41, 5.74) is 2.49. The number of rotatable bonds is 1. The number of benzene rings is 2.